The molecule has 0 bridgehead atoms. The van der Waals surface area contributed by atoms with Crippen LogP contribution in [0, 0.1) is 13.8 Å². The number of anilines is 1. The van der Waals surface area contributed by atoms with E-state index in [1.54, 1.807) is 13.8 Å². The number of ether oxygens (including phenoxy) is 1. The molecule has 0 fully saturated rings. The van der Waals surface area contributed by atoms with Crippen LogP contribution in [0.3, 0.4) is 0 Å². The van der Waals surface area contributed by atoms with Crippen LogP contribution >= 0.6 is 11.3 Å². The van der Waals surface area contributed by atoms with Crippen molar-refractivity contribution in [2.75, 3.05) is 5.32 Å². The number of amides is 1. The fourth-order valence-corrected chi connectivity index (χ4v) is 3.59. The van der Waals surface area contributed by atoms with Gasteiger partial charge in [0.2, 0.25) is 0 Å². The predicted octanol–water partition coefficient (Wildman–Crippen LogP) is 4.04. The number of nitrogens with zero attached hydrogens (tertiary/aromatic N) is 2. The molecule has 2 aromatic heterocycles. The largest absolute Gasteiger partial charge is 0.457 e. The minimum absolute atomic E-state index is 0.0415. The molecule has 1 amide bonds. The number of carbonyl (C=O) groups excluding carboxylic acids is 1. The maximum atomic E-state index is 12.6. The minimum Gasteiger partial charge on any atom is -0.457 e. The normalized spacial score (nSPS) is 10.8. The first-order chi connectivity index (χ1) is 13.5. The number of thiazole rings is 1. The third-order valence-electron chi connectivity index (χ3n) is 4.26. The second-order valence-corrected chi connectivity index (χ2v) is 7.19. The van der Waals surface area contributed by atoms with Gasteiger partial charge in [-0.2, -0.15) is 5.10 Å². The number of aryl methyl sites for hydroxylation is 1. The molecule has 0 saturated carbocycles. The summed E-state index contributed by atoms with van der Waals surface area (Å²) in [6, 6.07) is 15.0. The quantitative estimate of drug-likeness (QED) is 0.546. The molecule has 0 saturated heterocycles. The van der Waals surface area contributed by atoms with E-state index in [1.165, 1.54) is 11.3 Å². The lowest BCUT2D eigenvalue weighted by Crippen LogP contribution is -2.26. The molecule has 28 heavy (non-hydrogen) atoms. The van der Waals surface area contributed by atoms with Crippen LogP contribution in [0.4, 0.5) is 5.13 Å². The van der Waals surface area contributed by atoms with Gasteiger partial charge in [-0.05, 0) is 43.7 Å². The first kappa shape index (κ1) is 17.9. The van der Waals surface area contributed by atoms with Gasteiger partial charge in [-0.1, -0.05) is 29.5 Å². The molecule has 2 heterocycles. The van der Waals surface area contributed by atoms with Gasteiger partial charge in [0.25, 0.3) is 11.5 Å². The van der Waals surface area contributed by atoms with Crippen LogP contribution in [-0.2, 0) is 0 Å². The predicted molar refractivity (Wildman–Crippen MR) is 108 cm³/mol. The van der Waals surface area contributed by atoms with Crippen molar-refractivity contribution in [2.24, 2.45) is 0 Å². The van der Waals surface area contributed by atoms with E-state index in [1.807, 2.05) is 48.5 Å². The molecule has 0 aliphatic heterocycles. The number of aromatic nitrogens is 3. The van der Waals surface area contributed by atoms with Crippen molar-refractivity contribution in [1.82, 2.24) is 15.2 Å². The van der Waals surface area contributed by atoms with Crippen molar-refractivity contribution < 1.29 is 9.53 Å². The Balaban J connectivity index is 1.59. The monoisotopic (exact) mass is 392 g/mol. The first-order valence-corrected chi connectivity index (χ1v) is 9.33. The molecule has 0 aliphatic rings. The zero-order valence-corrected chi connectivity index (χ0v) is 16.0. The number of hydrogen-bond donors (Lipinski definition) is 2. The second-order valence-electron chi connectivity index (χ2n) is 6.16. The van der Waals surface area contributed by atoms with Gasteiger partial charge in [0.1, 0.15) is 17.1 Å². The number of aromatic amines is 1. The molecule has 0 spiro atoms. The van der Waals surface area contributed by atoms with Crippen LogP contribution in [0.25, 0.3) is 10.2 Å². The van der Waals surface area contributed by atoms with E-state index in [0.717, 1.165) is 16.0 Å². The lowest BCUT2D eigenvalue weighted by Gasteiger charge is -2.05. The number of nitrogens with one attached hydrogen (secondary N) is 2. The van der Waals surface area contributed by atoms with Gasteiger partial charge in [0.15, 0.2) is 5.13 Å². The molecule has 0 unspecified atom stereocenters. The highest BCUT2D eigenvalue weighted by molar-refractivity contribution is 7.22. The van der Waals surface area contributed by atoms with Crippen LogP contribution in [-0.4, -0.2) is 21.1 Å². The number of carbonyl (C=O) groups is 1. The summed E-state index contributed by atoms with van der Waals surface area (Å²) in [5.74, 6) is 0.906. The summed E-state index contributed by atoms with van der Waals surface area (Å²) in [7, 11) is 0. The number of hydrogen-bond acceptors (Lipinski definition) is 6. The Morgan fingerprint density at radius 1 is 1.11 bits per heavy atom. The van der Waals surface area contributed by atoms with Gasteiger partial charge >= 0.3 is 0 Å². The van der Waals surface area contributed by atoms with Crippen molar-refractivity contribution in [3.63, 3.8) is 0 Å². The average Bonchev–Trinajstić information content (AvgIpc) is 3.07. The summed E-state index contributed by atoms with van der Waals surface area (Å²) in [6.45, 7) is 3.42. The molecule has 0 atom stereocenters. The SMILES string of the molecule is Cc1n[nH]c(=O)c(C(=O)Nc2nc3ccc(Oc4ccccc4)cc3s2)c1C. The Labute approximate surface area is 164 Å². The second kappa shape index (κ2) is 7.24. The van der Waals surface area contributed by atoms with Crippen LogP contribution in [0.2, 0.25) is 0 Å². The number of benzene rings is 2. The topological polar surface area (TPSA) is 97.0 Å². The summed E-state index contributed by atoms with van der Waals surface area (Å²) in [5.41, 5.74) is 1.38. The maximum Gasteiger partial charge on any atom is 0.277 e. The fourth-order valence-electron chi connectivity index (χ4n) is 2.71. The van der Waals surface area contributed by atoms with E-state index in [0.29, 0.717) is 22.1 Å². The standard InChI is InChI=1S/C20H16N4O3S/c1-11-12(2)23-24-19(26)17(11)18(25)22-20-21-15-9-8-14(10-16(15)28-20)27-13-6-4-3-5-7-13/h3-10H,1-2H3,(H,24,26)(H,21,22,25). The molecule has 0 aliphatic carbocycles. The molecule has 140 valence electrons. The van der Waals surface area contributed by atoms with E-state index < -0.39 is 11.5 Å². The number of fused-ring (bicyclic) bond motifs is 1. The first-order valence-electron chi connectivity index (χ1n) is 8.52. The van der Waals surface area contributed by atoms with Crippen LogP contribution in [0.5, 0.6) is 11.5 Å². The highest BCUT2D eigenvalue weighted by Gasteiger charge is 2.18. The lowest BCUT2D eigenvalue weighted by atomic mass is 10.1. The molecule has 8 heteroatoms. The Bertz CT molecular complexity index is 1230. The molecular formula is C20H16N4O3S. The molecule has 2 aromatic carbocycles. The smallest absolute Gasteiger partial charge is 0.277 e. The van der Waals surface area contributed by atoms with E-state index in [9.17, 15) is 9.59 Å². The Hall–Kier alpha value is -3.52. The van der Waals surface area contributed by atoms with Crippen LogP contribution in [0.1, 0.15) is 21.6 Å². The van der Waals surface area contributed by atoms with Crippen LogP contribution < -0.4 is 15.6 Å². The molecular weight excluding hydrogens is 376 g/mol. The van der Waals surface area contributed by atoms with E-state index >= 15 is 0 Å². The molecule has 7 nitrogen and oxygen atoms in total. The minimum atomic E-state index is -0.528. The highest BCUT2D eigenvalue weighted by Crippen LogP contribution is 2.31. The van der Waals surface area contributed by atoms with Crippen molar-refractivity contribution in [3.8, 4) is 11.5 Å². The lowest BCUT2D eigenvalue weighted by molar-refractivity contribution is 0.102. The third-order valence-corrected chi connectivity index (χ3v) is 5.19. The molecule has 4 rings (SSSR count). The van der Waals surface area contributed by atoms with Crippen molar-refractivity contribution in [3.05, 3.63) is 75.7 Å². The zero-order valence-electron chi connectivity index (χ0n) is 15.1. The van der Waals surface area contributed by atoms with Crippen molar-refractivity contribution in [1.29, 1.82) is 0 Å². The molecule has 0 radical (unpaired) electrons. The zero-order chi connectivity index (χ0) is 19.7. The van der Waals surface area contributed by atoms with E-state index in [4.69, 9.17) is 4.74 Å². The summed E-state index contributed by atoms with van der Waals surface area (Å²) in [6.07, 6.45) is 0. The number of para-hydroxylation sites is 1. The summed E-state index contributed by atoms with van der Waals surface area (Å²) in [4.78, 5) is 29.0. The van der Waals surface area contributed by atoms with E-state index in [-0.39, 0.29) is 5.56 Å². The Kier molecular flexibility index (Phi) is 4.62. The summed E-state index contributed by atoms with van der Waals surface area (Å²) in [5, 5.41) is 9.31. The van der Waals surface area contributed by atoms with Crippen LogP contribution in [0.15, 0.2) is 53.3 Å². The third kappa shape index (κ3) is 3.49. The molecule has 2 N–H and O–H groups in total. The van der Waals surface area contributed by atoms with Gasteiger partial charge in [-0.15, -0.1) is 0 Å². The van der Waals surface area contributed by atoms with Gasteiger partial charge in [0, 0.05) is 6.07 Å². The maximum absolute atomic E-state index is 12.6. The van der Waals surface area contributed by atoms with Gasteiger partial charge in [-0.25, -0.2) is 10.1 Å². The number of H-pyrrole nitrogens is 1. The van der Waals surface area contributed by atoms with Crippen molar-refractivity contribution >= 4 is 32.6 Å². The Morgan fingerprint density at radius 2 is 1.89 bits per heavy atom. The molecule has 4 aromatic rings. The highest BCUT2D eigenvalue weighted by atomic mass is 32.1. The van der Waals surface area contributed by atoms with Crippen molar-refractivity contribution in [2.45, 2.75) is 13.8 Å². The average molecular weight is 392 g/mol. The Morgan fingerprint density at radius 3 is 2.68 bits per heavy atom. The van der Waals surface area contributed by atoms with Gasteiger partial charge in [-0.3, -0.25) is 14.9 Å². The number of rotatable bonds is 4. The summed E-state index contributed by atoms with van der Waals surface area (Å²) >= 11 is 1.31. The fraction of sp³-hybridized carbons (Fsp3) is 0.100. The van der Waals surface area contributed by atoms with Gasteiger partial charge < -0.3 is 4.74 Å². The van der Waals surface area contributed by atoms with E-state index in [2.05, 4.69) is 20.5 Å². The summed E-state index contributed by atoms with van der Waals surface area (Å²) < 4.78 is 6.69. The van der Waals surface area contributed by atoms with Gasteiger partial charge in [0.05, 0.1) is 15.9 Å².